The van der Waals surface area contributed by atoms with Gasteiger partial charge in [-0.05, 0) is 25.0 Å². The minimum atomic E-state index is -0.0993. The van der Waals surface area contributed by atoms with Crippen LogP contribution in [0.2, 0.25) is 0 Å². The van der Waals surface area contributed by atoms with E-state index < -0.39 is 0 Å². The molecule has 1 amide bonds. The highest BCUT2D eigenvalue weighted by Crippen LogP contribution is 2.38. The first-order valence-electron chi connectivity index (χ1n) is 8.41. The summed E-state index contributed by atoms with van der Waals surface area (Å²) in [7, 11) is 0. The summed E-state index contributed by atoms with van der Waals surface area (Å²) in [6, 6.07) is 3.96. The number of aromatic nitrogens is 5. The number of hydrogen-bond donors (Lipinski definition) is 1. The fourth-order valence-corrected chi connectivity index (χ4v) is 3.63. The predicted molar refractivity (Wildman–Crippen MR) is 92.9 cm³/mol. The van der Waals surface area contributed by atoms with Gasteiger partial charge in [0.15, 0.2) is 11.5 Å². The lowest BCUT2D eigenvalue weighted by molar-refractivity contribution is 0.0940. The third kappa shape index (κ3) is 2.74. The second-order valence-electron chi connectivity index (χ2n) is 6.65. The van der Waals surface area contributed by atoms with Crippen LogP contribution in [0.5, 0.6) is 0 Å². The molecular formula is C16H17N7OS. The van der Waals surface area contributed by atoms with Gasteiger partial charge in [0, 0.05) is 36.9 Å². The molecule has 0 unspecified atom stereocenters. The Labute approximate surface area is 147 Å². The molecule has 9 heteroatoms. The van der Waals surface area contributed by atoms with Gasteiger partial charge in [-0.2, -0.15) is 4.52 Å². The van der Waals surface area contributed by atoms with Crippen molar-refractivity contribution >= 4 is 28.7 Å². The van der Waals surface area contributed by atoms with Crippen LogP contribution in [0.3, 0.4) is 0 Å². The molecule has 0 radical (unpaired) electrons. The Morgan fingerprint density at radius 2 is 2.16 bits per heavy atom. The van der Waals surface area contributed by atoms with E-state index in [1.165, 1.54) is 24.2 Å². The van der Waals surface area contributed by atoms with Crippen molar-refractivity contribution < 1.29 is 4.79 Å². The minimum Gasteiger partial charge on any atom is -0.354 e. The zero-order chi connectivity index (χ0) is 16.8. The zero-order valence-electron chi connectivity index (χ0n) is 13.5. The van der Waals surface area contributed by atoms with Crippen LogP contribution in [0.1, 0.15) is 35.1 Å². The largest absolute Gasteiger partial charge is 0.354 e. The van der Waals surface area contributed by atoms with E-state index in [9.17, 15) is 4.79 Å². The van der Waals surface area contributed by atoms with Crippen LogP contribution in [0.25, 0.3) is 5.65 Å². The van der Waals surface area contributed by atoms with Gasteiger partial charge in [-0.3, -0.25) is 4.79 Å². The number of nitrogens with zero attached hydrogens (tertiary/aromatic N) is 6. The van der Waals surface area contributed by atoms with E-state index in [0.29, 0.717) is 24.1 Å². The number of fused-ring (bicyclic) bond motifs is 1. The van der Waals surface area contributed by atoms with E-state index >= 15 is 0 Å². The van der Waals surface area contributed by atoms with Crippen LogP contribution in [-0.2, 0) is 0 Å². The van der Waals surface area contributed by atoms with Crippen LogP contribution in [-0.4, -0.2) is 50.3 Å². The second kappa shape index (κ2) is 5.76. The normalized spacial score (nSPS) is 17.7. The SMILES string of the molecule is O=C(NCC1CN(c2ccc3nnc(C4CC4)n3n2)C1)c1cscn1. The molecule has 1 saturated heterocycles. The summed E-state index contributed by atoms with van der Waals surface area (Å²) < 4.78 is 1.88. The van der Waals surface area contributed by atoms with Gasteiger partial charge in [0.05, 0.1) is 5.51 Å². The van der Waals surface area contributed by atoms with E-state index in [1.807, 2.05) is 16.6 Å². The van der Waals surface area contributed by atoms with Gasteiger partial charge >= 0.3 is 0 Å². The Balaban J connectivity index is 1.21. The van der Waals surface area contributed by atoms with E-state index in [1.54, 1.807) is 10.9 Å². The highest BCUT2D eigenvalue weighted by atomic mass is 32.1. The summed E-state index contributed by atoms with van der Waals surface area (Å²) in [5.74, 6) is 2.77. The number of nitrogens with one attached hydrogen (secondary N) is 1. The number of carbonyl (C=O) groups is 1. The van der Waals surface area contributed by atoms with Crippen molar-refractivity contribution in [3.05, 3.63) is 34.5 Å². The van der Waals surface area contributed by atoms with Crippen molar-refractivity contribution in [2.75, 3.05) is 24.5 Å². The lowest BCUT2D eigenvalue weighted by Crippen LogP contribution is -2.52. The lowest BCUT2D eigenvalue weighted by atomic mass is 10.0. The molecule has 1 aliphatic heterocycles. The molecule has 25 heavy (non-hydrogen) atoms. The highest BCUT2D eigenvalue weighted by molar-refractivity contribution is 7.07. The number of hydrogen-bond acceptors (Lipinski definition) is 7. The third-order valence-electron chi connectivity index (χ3n) is 4.71. The Bertz CT molecular complexity index is 912. The standard InChI is InChI=1S/C16H17N7OS/c24-16(12-8-25-9-18-12)17-5-10-6-22(7-10)14-4-3-13-19-20-15(11-1-2-11)23(13)21-14/h3-4,8-11H,1-2,5-7H2,(H,17,24). The van der Waals surface area contributed by atoms with E-state index in [4.69, 9.17) is 5.10 Å². The topological polar surface area (TPSA) is 88.3 Å². The van der Waals surface area contributed by atoms with Gasteiger partial charge < -0.3 is 10.2 Å². The quantitative estimate of drug-likeness (QED) is 0.743. The number of thiazole rings is 1. The van der Waals surface area contributed by atoms with Crippen molar-refractivity contribution in [2.24, 2.45) is 5.92 Å². The first-order valence-corrected chi connectivity index (χ1v) is 9.36. The van der Waals surface area contributed by atoms with Gasteiger partial charge in [-0.15, -0.1) is 26.6 Å². The van der Waals surface area contributed by atoms with Crippen LogP contribution in [0, 0.1) is 5.92 Å². The molecule has 2 aliphatic rings. The van der Waals surface area contributed by atoms with Crippen molar-refractivity contribution in [1.29, 1.82) is 0 Å². The Kier molecular flexibility index (Phi) is 3.40. The van der Waals surface area contributed by atoms with Gasteiger partial charge in [0.2, 0.25) is 0 Å². The Hall–Kier alpha value is -2.55. The fourth-order valence-electron chi connectivity index (χ4n) is 3.10. The fraction of sp³-hybridized carbons (Fsp3) is 0.438. The summed E-state index contributed by atoms with van der Waals surface area (Å²) in [5, 5.41) is 17.9. The Morgan fingerprint density at radius 1 is 1.28 bits per heavy atom. The van der Waals surface area contributed by atoms with E-state index in [2.05, 4.69) is 25.4 Å². The van der Waals surface area contributed by atoms with Gasteiger partial charge in [0.25, 0.3) is 5.91 Å². The number of carbonyl (C=O) groups excluding carboxylic acids is 1. The van der Waals surface area contributed by atoms with Crippen molar-refractivity contribution in [3.63, 3.8) is 0 Å². The van der Waals surface area contributed by atoms with E-state index in [0.717, 1.165) is 30.4 Å². The molecule has 0 bridgehead atoms. The second-order valence-corrected chi connectivity index (χ2v) is 7.37. The maximum Gasteiger partial charge on any atom is 0.270 e. The maximum absolute atomic E-state index is 11.9. The Morgan fingerprint density at radius 3 is 2.92 bits per heavy atom. The van der Waals surface area contributed by atoms with Gasteiger partial charge in [-0.1, -0.05) is 0 Å². The van der Waals surface area contributed by atoms with Crippen LogP contribution >= 0.6 is 11.3 Å². The van der Waals surface area contributed by atoms with Crippen LogP contribution in [0.15, 0.2) is 23.0 Å². The average molecular weight is 355 g/mol. The first kappa shape index (κ1) is 14.8. The summed E-state index contributed by atoms with van der Waals surface area (Å²) in [6.07, 6.45) is 2.36. The minimum absolute atomic E-state index is 0.0993. The predicted octanol–water partition coefficient (Wildman–Crippen LogP) is 1.32. The highest BCUT2D eigenvalue weighted by Gasteiger charge is 2.31. The summed E-state index contributed by atoms with van der Waals surface area (Å²) >= 11 is 1.43. The van der Waals surface area contributed by atoms with Crippen LogP contribution in [0.4, 0.5) is 5.82 Å². The molecule has 4 heterocycles. The third-order valence-corrected chi connectivity index (χ3v) is 5.30. The molecule has 128 valence electrons. The van der Waals surface area contributed by atoms with Crippen molar-refractivity contribution in [2.45, 2.75) is 18.8 Å². The maximum atomic E-state index is 11.9. The molecule has 1 saturated carbocycles. The van der Waals surface area contributed by atoms with Crippen LogP contribution < -0.4 is 10.2 Å². The molecule has 5 rings (SSSR count). The molecule has 3 aromatic rings. The van der Waals surface area contributed by atoms with E-state index in [-0.39, 0.29) is 5.91 Å². The average Bonchev–Trinajstić information content (AvgIpc) is 3.11. The monoisotopic (exact) mass is 355 g/mol. The molecule has 0 aromatic carbocycles. The molecular weight excluding hydrogens is 338 g/mol. The van der Waals surface area contributed by atoms with Gasteiger partial charge in [-0.25, -0.2) is 4.98 Å². The lowest BCUT2D eigenvalue weighted by Gasteiger charge is -2.40. The summed E-state index contributed by atoms with van der Waals surface area (Å²) in [4.78, 5) is 18.2. The number of amides is 1. The van der Waals surface area contributed by atoms with Crippen molar-refractivity contribution in [3.8, 4) is 0 Å². The van der Waals surface area contributed by atoms with Crippen molar-refractivity contribution in [1.82, 2.24) is 30.1 Å². The molecule has 0 atom stereocenters. The zero-order valence-corrected chi connectivity index (χ0v) is 14.3. The van der Waals surface area contributed by atoms with Gasteiger partial charge in [0.1, 0.15) is 11.5 Å². The smallest absolute Gasteiger partial charge is 0.270 e. The number of anilines is 1. The first-order chi connectivity index (χ1) is 12.3. The summed E-state index contributed by atoms with van der Waals surface area (Å²) in [6.45, 7) is 2.43. The molecule has 1 N–H and O–H groups in total. The summed E-state index contributed by atoms with van der Waals surface area (Å²) in [5.41, 5.74) is 2.97. The molecule has 3 aromatic heterocycles. The molecule has 1 aliphatic carbocycles. The number of rotatable bonds is 5. The molecule has 8 nitrogen and oxygen atoms in total. The molecule has 0 spiro atoms. The molecule has 2 fully saturated rings.